The van der Waals surface area contributed by atoms with Crippen molar-refractivity contribution in [3.8, 4) is 0 Å². The van der Waals surface area contributed by atoms with Crippen molar-refractivity contribution in [2.24, 2.45) is 0 Å². The Morgan fingerprint density at radius 2 is 1.96 bits per heavy atom. The highest BCUT2D eigenvalue weighted by Gasteiger charge is 2.24. The van der Waals surface area contributed by atoms with Crippen molar-refractivity contribution in [1.29, 1.82) is 0 Å². The molecular formula is C18H24N4OS. The summed E-state index contributed by atoms with van der Waals surface area (Å²) in [5.74, 6) is 0.107. The van der Waals surface area contributed by atoms with Crippen LogP contribution in [0, 0.1) is 0 Å². The van der Waals surface area contributed by atoms with Crippen LogP contribution in [0.3, 0.4) is 0 Å². The highest BCUT2D eigenvalue weighted by atomic mass is 32.1. The number of nitrogens with two attached hydrogens (primary N) is 1. The van der Waals surface area contributed by atoms with Gasteiger partial charge in [0, 0.05) is 31.1 Å². The molecule has 3 N–H and O–H groups in total. The van der Waals surface area contributed by atoms with E-state index < -0.39 is 0 Å². The van der Waals surface area contributed by atoms with Crippen LogP contribution in [0.25, 0.3) is 0 Å². The van der Waals surface area contributed by atoms with Gasteiger partial charge in [-0.1, -0.05) is 19.1 Å². The average molecular weight is 344 g/mol. The molecule has 1 saturated heterocycles. The molecule has 2 heterocycles. The number of aryl methyl sites for hydroxylation is 1. The zero-order valence-corrected chi connectivity index (χ0v) is 15.0. The van der Waals surface area contributed by atoms with Crippen molar-refractivity contribution < 1.29 is 4.79 Å². The highest BCUT2D eigenvalue weighted by molar-refractivity contribution is 7.16. The zero-order valence-electron chi connectivity index (χ0n) is 14.2. The summed E-state index contributed by atoms with van der Waals surface area (Å²) < 4.78 is 0. The van der Waals surface area contributed by atoms with Crippen LogP contribution in [0.4, 0.5) is 16.4 Å². The number of amides is 1. The van der Waals surface area contributed by atoms with E-state index in [4.69, 9.17) is 5.73 Å². The molecule has 0 radical (unpaired) electrons. The molecule has 0 saturated carbocycles. The van der Waals surface area contributed by atoms with E-state index >= 15 is 0 Å². The second-order valence-corrected chi connectivity index (χ2v) is 7.25. The van der Waals surface area contributed by atoms with Gasteiger partial charge < -0.3 is 20.9 Å². The Hall–Kier alpha value is -2.05. The second-order valence-electron chi connectivity index (χ2n) is 6.12. The predicted molar refractivity (Wildman–Crippen MR) is 101 cm³/mol. The molecule has 2 aromatic rings. The monoisotopic (exact) mass is 344 g/mol. The van der Waals surface area contributed by atoms with Gasteiger partial charge in [0.15, 0.2) is 0 Å². The van der Waals surface area contributed by atoms with E-state index in [1.54, 1.807) is 11.3 Å². The number of para-hydroxylation sites is 2. The number of piperazine rings is 1. The molecule has 1 aliphatic heterocycles. The molecular weight excluding hydrogens is 320 g/mol. The number of likely N-dealkylation sites (N-methyl/N-ethyl adjacent to an activating group) is 1. The minimum absolute atomic E-state index is 0.107. The molecule has 0 unspecified atom stereocenters. The van der Waals surface area contributed by atoms with Gasteiger partial charge in [-0.3, -0.25) is 4.79 Å². The lowest BCUT2D eigenvalue weighted by molar-refractivity contribution is 0.0665. The molecule has 1 aliphatic rings. The van der Waals surface area contributed by atoms with Crippen molar-refractivity contribution >= 4 is 33.6 Å². The van der Waals surface area contributed by atoms with Gasteiger partial charge in [-0.2, -0.15) is 0 Å². The Labute approximate surface area is 147 Å². The first-order valence-corrected chi connectivity index (χ1v) is 9.12. The number of benzene rings is 1. The summed E-state index contributed by atoms with van der Waals surface area (Å²) in [7, 11) is 2.09. The van der Waals surface area contributed by atoms with Crippen molar-refractivity contribution in [3.05, 3.63) is 40.8 Å². The van der Waals surface area contributed by atoms with Gasteiger partial charge in [0.05, 0.1) is 16.9 Å². The third kappa shape index (κ3) is 3.55. The molecule has 128 valence electrons. The third-order valence-corrected chi connectivity index (χ3v) is 5.56. The van der Waals surface area contributed by atoms with Crippen LogP contribution >= 0.6 is 11.3 Å². The number of carbonyl (C=O) groups excluding carboxylic acids is 1. The van der Waals surface area contributed by atoms with Gasteiger partial charge in [-0.25, -0.2) is 0 Å². The molecule has 0 bridgehead atoms. The fourth-order valence-electron chi connectivity index (χ4n) is 2.78. The van der Waals surface area contributed by atoms with Gasteiger partial charge in [0.2, 0.25) is 0 Å². The fraction of sp³-hybridized carbons (Fsp3) is 0.389. The van der Waals surface area contributed by atoms with Crippen molar-refractivity contribution in [1.82, 2.24) is 9.80 Å². The van der Waals surface area contributed by atoms with Crippen molar-refractivity contribution in [2.45, 2.75) is 13.3 Å². The molecule has 1 amide bonds. The van der Waals surface area contributed by atoms with Gasteiger partial charge >= 0.3 is 0 Å². The van der Waals surface area contributed by atoms with Gasteiger partial charge in [-0.05, 0) is 31.7 Å². The summed E-state index contributed by atoms with van der Waals surface area (Å²) in [6, 6.07) is 9.66. The number of nitrogens with one attached hydrogen (secondary N) is 1. The smallest absolute Gasteiger partial charge is 0.256 e. The standard InChI is InChI=1S/C18H24N4OS/c1-3-13-12-14(18(23)22-10-8-21(2)9-11-22)17(24-13)20-16-7-5-4-6-15(16)19/h4-7,12,20H,3,8-11,19H2,1-2H3. The highest BCUT2D eigenvalue weighted by Crippen LogP contribution is 2.34. The maximum absolute atomic E-state index is 13.0. The van der Waals surface area contributed by atoms with Crippen LogP contribution in [0.1, 0.15) is 22.2 Å². The summed E-state index contributed by atoms with van der Waals surface area (Å²) in [6.07, 6.45) is 0.916. The molecule has 5 nitrogen and oxygen atoms in total. The quantitative estimate of drug-likeness (QED) is 0.837. The van der Waals surface area contributed by atoms with E-state index in [0.717, 1.165) is 48.9 Å². The SMILES string of the molecule is CCc1cc(C(=O)N2CCN(C)CC2)c(Nc2ccccc2N)s1. The summed E-state index contributed by atoms with van der Waals surface area (Å²) in [4.78, 5) is 18.4. The average Bonchev–Trinajstić information content (AvgIpc) is 3.00. The van der Waals surface area contributed by atoms with Crippen LogP contribution in [-0.4, -0.2) is 48.9 Å². The topological polar surface area (TPSA) is 61.6 Å². The zero-order chi connectivity index (χ0) is 17.1. The molecule has 6 heteroatoms. The van der Waals surface area contributed by atoms with E-state index in [9.17, 15) is 4.79 Å². The molecule has 3 rings (SSSR count). The Bertz CT molecular complexity index is 720. The molecule has 0 aliphatic carbocycles. The third-order valence-electron chi connectivity index (χ3n) is 4.36. The van der Waals surface area contributed by atoms with Crippen molar-refractivity contribution in [3.63, 3.8) is 0 Å². The Morgan fingerprint density at radius 3 is 2.62 bits per heavy atom. The lowest BCUT2D eigenvalue weighted by Crippen LogP contribution is -2.47. The molecule has 0 atom stereocenters. The molecule has 1 fully saturated rings. The summed E-state index contributed by atoms with van der Waals surface area (Å²) in [5, 5.41) is 4.24. The van der Waals surface area contributed by atoms with Gasteiger partial charge in [-0.15, -0.1) is 11.3 Å². The molecule has 1 aromatic carbocycles. The number of carbonyl (C=O) groups is 1. The van der Waals surface area contributed by atoms with E-state index in [1.165, 1.54) is 4.88 Å². The van der Waals surface area contributed by atoms with Crippen LogP contribution in [-0.2, 0) is 6.42 Å². The number of rotatable bonds is 4. The summed E-state index contributed by atoms with van der Waals surface area (Å²) >= 11 is 1.63. The maximum Gasteiger partial charge on any atom is 0.256 e. The lowest BCUT2D eigenvalue weighted by atomic mass is 10.2. The summed E-state index contributed by atoms with van der Waals surface area (Å²) in [5.41, 5.74) is 8.31. The number of hydrogen-bond acceptors (Lipinski definition) is 5. The summed E-state index contributed by atoms with van der Waals surface area (Å²) in [6.45, 7) is 5.51. The largest absolute Gasteiger partial charge is 0.397 e. The normalized spacial score (nSPS) is 15.5. The minimum atomic E-state index is 0.107. The van der Waals surface area contributed by atoms with Gasteiger partial charge in [0.25, 0.3) is 5.91 Å². The number of hydrogen-bond donors (Lipinski definition) is 2. The first-order valence-electron chi connectivity index (χ1n) is 8.30. The van der Waals surface area contributed by atoms with E-state index in [1.807, 2.05) is 35.2 Å². The molecule has 0 spiro atoms. The van der Waals surface area contributed by atoms with E-state index in [2.05, 4.69) is 24.2 Å². The van der Waals surface area contributed by atoms with Crippen molar-refractivity contribution in [2.75, 3.05) is 44.3 Å². The van der Waals surface area contributed by atoms with Crippen LogP contribution in [0.2, 0.25) is 0 Å². The first kappa shape index (κ1) is 16.8. The number of nitrogen functional groups attached to an aromatic ring is 1. The fourth-order valence-corrected chi connectivity index (χ4v) is 3.78. The van der Waals surface area contributed by atoms with Crippen LogP contribution in [0.5, 0.6) is 0 Å². The number of anilines is 3. The number of nitrogens with zero attached hydrogens (tertiary/aromatic N) is 2. The van der Waals surface area contributed by atoms with Crippen LogP contribution < -0.4 is 11.1 Å². The molecule has 1 aromatic heterocycles. The molecule has 24 heavy (non-hydrogen) atoms. The van der Waals surface area contributed by atoms with Crippen LogP contribution in [0.15, 0.2) is 30.3 Å². The minimum Gasteiger partial charge on any atom is -0.397 e. The predicted octanol–water partition coefficient (Wildman–Crippen LogP) is 3.02. The Morgan fingerprint density at radius 1 is 1.25 bits per heavy atom. The maximum atomic E-state index is 13.0. The van der Waals surface area contributed by atoms with E-state index in [0.29, 0.717) is 5.69 Å². The number of thiophene rings is 1. The Kier molecular flexibility index (Phi) is 5.06. The lowest BCUT2D eigenvalue weighted by Gasteiger charge is -2.32. The van der Waals surface area contributed by atoms with E-state index in [-0.39, 0.29) is 5.91 Å². The Balaban J connectivity index is 1.86. The first-order chi connectivity index (χ1) is 11.6. The second kappa shape index (κ2) is 7.23. The van der Waals surface area contributed by atoms with Gasteiger partial charge in [0.1, 0.15) is 5.00 Å².